The minimum absolute atomic E-state index is 0.178. The van der Waals surface area contributed by atoms with Crippen molar-refractivity contribution in [2.75, 3.05) is 11.9 Å². The quantitative estimate of drug-likeness (QED) is 0.860. The van der Waals surface area contributed by atoms with Gasteiger partial charge in [0.1, 0.15) is 0 Å². The van der Waals surface area contributed by atoms with E-state index in [9.17, 15) is 9.59 Å². The number of amides is 2. The minimum atomic E-state index is -0.180. The number of carbonyl (C=O) groups excluding carboxylic acids is 2. The van der Waals surface area contributed by atoms with Crippen LogP contribution in [0.3, 0.4) is 0 Å². The minimum Gasteiger partial charge on any atom is -0.352 e. The van der Waals surface area contributed by atoms with Crippen molar-refractivity contribution in [2.45, 2.75) is 26.7 Å². The molecule has 5 nitrogen and oxygen atoms in total. The van der Waals surface area contributed by atoms with Gasteiger partial charge in [0.05, 0.1) is 28.4 Å². The summed E-state index contributed by atoms with van der Waals surface area (Å²) in [5.74, 6) is -0.358. The summed E-state index contributed by atoms with van der Waals surface area (Å²) in [4.78, 5) is 28.5. The fourth-order valence-corrected chi connectivity index (χ4v) is 2.58. The predicted molar refractivity (Wildman–Crippen MR) is 88.3 cm³/mol. The van der Waals surface area contributed by atoms with Crippen LogP contribution in [-0.2, 0) is 11.2 Å². The molecule has 1 heterocycles. The van der Waals surface area contributed by atoms with E-state index in [0.29, 0.717) is 17.8 Å². The number of aryl methyl sites for hydroxylation is 1. The third-order valence-corrected chi connectivity index (χ3v) is 3.81. The van der Waals surface area contributed by atoms with Crippen LogP contribution in [0, 0.1) is 6.92 Å². The number of benzene rings is 1. The standard InChI is InChI=1S/C16H19N3O2S/c1-3-8-17-16(21)13-6-4-5-7-14(13)19-15(20)9-12-10-22-11(2)18-12/h4-7,10H,3,8-9H2,1-2H3,(H,17,21)(H,19,20). The maximum Gasteiger partial charge on any atom is 0.253 e. The van der Waals surface area contributed by atoms with Gasteiger partial charge in [0, 0.05) is 11.9 Å². The Morgan fingerprint density at radius 2 is 2.05 bits per heavy atom. The lowest BCUT2D eigenvalue weighted by Crippen LogP contribution is -2.26. The van der Waals surface area contributed by atoms with Gasteiger partial charge in [-0.15, -0.1) is 11.3 Å². The van der Waals surface area contributed by atoms with Crippen LogP contribution < -0.4 is 10.6 Å². The van der Waals surface area contributed by atoms with Crippen molar-refractivity contribution in [3.63, 3.8) is 0 Å². The van der Waals surface area contributed by atoms with Crippen LogP contribution in [0.1, 0.15) is 34.4 Å². The molecule has 0 unspecified atom stereocenters. The van der Waals surface area contributed by atoms with Crippen LogP contribution in [0.15, 0.2) is 29.6 Å². The van der Waals surface area contributed by atoms with Gasteiger partial charge in [0.15, 0.2) is 0 Å². The Kier molecular flexibility index (Phi) is 5.66. The number of nitrogens with zero attached hydrogens (tertiary/aromatic N) is 1. The summed E-state index contributed by atoms with van der Waals surface area (Å²) < 4.78 is 0. The first-order valence-electron chi connectivity index (χ1n) is 7.18. The first kappa shape index (κ1) is 16.2. The molecule has 0 radical (unpaired) electrons. The number of para-hydroxylation sites is 1. The van der Waals surface area contributed by atoms with Crippen LogP contribution in [0.5, 0.6) is 0 Å². The summed E-state index contributed by atoms with van der Waals surface area (Å²) in [5, 5.41) is 8.41. The molecular formula is C16H19N3O2S. The highest BCUT2D eigenvalue weighted by Crippen LogP contribution is 2.16. The molecule has 0 bridgehead atoms. The van der Waals surface area contributed by atoms with Crippen LogP contribution in [0.25, 0.3) is 0 Å². The molecule has 0 aliphatic heterocycles. The topological polar surface area (TPSA) is 71.1 Å². The Morgan fingerprint density at radius 3 is 2.73 bits per heavy atom. The molecule has 6 heteroatoms. The highest BCUT2D eigenvalue weighted by molar-refractivity contribution is 7.09. The molecule has 0 fully saturated rings. The van der Waals surface area contributed by atoms with E-state index in [1.807, 2.05) is 19.2 Å². The van der Waals surface area contributed by atoms with Gasteiger partial charge >= 0.3 is 0 Å². The zero-order valence-electron chi connectivity index (χ0n) is 12.7. The molecule has 1 aromatic carbocycles. The third-order valence-electron chi connectivity index (χ3n) is 2.99. The van der Waals surface area contributed by atoms with Crippen molar-refractivity contribution in [3.8, 4) is 0 Å². The molecule has 2 N–H and O–H groups in total. The zero-order valence-corrected chi connectivity index (χ0v) is 13.5. The van der Waals surface area contributed by atoms with E-state index < -0.39 is 0 Å². The fraction of sp³-hybridized carbons (Fsp3) is 0.312. The smallest absolute Gasteiger partial charge is 0.253 e. The Balaban J connectivity index is 2.05. The van der Waals surface area contributed by atoms with Gasteiger partial charge in [-0.2, -0.15) is 0 Å². The third kappa shape index (κ3) is 4.39. The summed E-state index contributed by atoms with van der Waals surface area (Å²) >= 11 is 1.51. The fourth-order valence-electron chi connectivity index (χ4n) is 1.97. The number of thiazole rings is 1. The second-order valence-corrected chi connectivity index (χ2v) is 5.95. The van der Waals surface area contributed by atoms with Gasteiger partial charge in [0.2, 0.25) is 5.91 Å². The summed E-state index contributed by atoms with van der Waals surface area (Å²) in [6, 6.07) is 7.00. The Labute approximate surface area is 133 Å². The summed E-state index contributed by atoms with van der Waals surface area (Å²) in [5.41, 5.74) is 1.74. The maximum atomic E-state index is 12.1. The largest absolute Gasteiger partial charge is 0.352 e. The molecule has 0 saturated heterocycles. The molecule has 22 heavy (non-hydrogen) atoms. The molecule has 1 aromatic heterocycles. The van der Waals surface area contributed by atoms with Gasteiger partial charge < -0.3 is 10.6 Å². The summed E-state index contributed by atoms with van der Waals surface area (Å²) in [7, 11) is 0. The van der Waals surface area contributed by atoms with Crippen LogP contribution >= 0.6 is 11.3 Å². The lowest BCUT2D eigenvalue weighted by molar-refractivity contribution is -0.115. The highest BCUT2D eigenvalue weighted by atomic mass is 32.1. The molecule has 0 spiro atoms. The van der Waals surface area contributed by atoms with E-state index in [1.54, 1.807) is 24.3 Å². The van der Waals surface area contributed by atoms with Crippen molar-refractivity contribution >= 4 is 28.8 Å². The van der Waals surface area contributed by atoms with Crippen LogP contribution in [0.2, 0.25) is 0 Å². The Hall–Kier alpha value is -2.21. The van der Waals surface area contributed by atoms with E-state index in [0.717, 1.165) is 17.1 Å². The maximum absolute atomic E-state index is 12.1. The van der Waals surface area contributed by atoms with Crippen molar-refractivity contribution in [1.82, 2.24) is 10.3 Å². The second kappa shape index (κ2) is 7.70. The molecule has 0 saturated carbocycles. The molecule has 0 aliphatic rings. The summed E-state index contributed by atoms with van der Waals surface area (Å²) in [6.45, 7) is 4.50. The number of anilines is 1. The number of hydrogen-bond acceptors (Lipinski definition) is 4. The van der Waals surface area contributed by atoms with Crippen molar-refractivity contribution < 1.29 is 9.59 Å². The Bertz CT molecular complexity index is 667. The van der Waals surface area contributed by atoms with Gasteiger partial charge in [-0.1, -0.05) is 19.1 Å². The summed E-state index contributed by atoms with van der Waals surface area (Å²) in [6.07, 6.45) is 1.07. The second-order valence-electron chi connectivity index (χ2n) is 4.88. The Morgan fingerprint density at radius 1 is 1.27 bits per heavy atom. The molecule has 0 atom stereocenters. The van der Waals surface area contributed by atoms with Gasteiger partial charge in [-0.3, -0.25) is 9.59 Å². The number of rotatable bonds is 6. The van der Waals surface area contributed by atoms with Crippen LogP contribution in [-0.4, -0.2) is 23.3 Å². The number of aromatic nitrogens is 1. The number of hydrogen-bond donors (Lipinski definition) is 2. The van der Waals surface area contributed by atoms with Crippen molar-refractivity contribution in [2.24, 2.45) is 0 Å². The first-order valence-corrected chi connectivity index (χ1v) is 8.06. The molecule has 2 aromatic rings. The van der Waals surface area contributed by atoms with Gasteiger partial charge in [0.25, 0.3) is 5.91 Å². The first-order chi connectivity index (χ1) is 10.6. The molecular weight excluding hydrogens is 298 g/mol. The van der Waals surface area contributed by atoms with Gasteiger partial charge in [-0.05, 0) is 25.5 Å². The molecule has 116 valence electrons. The lowest BCUT2D eigenvalue weighted by Gasteiger charge is -2.10. The van der Waals surface area contributed by atoms with Gasteiger partial charge in [-0.25, -0.2) is 4.98 Å². The monoisotopic (exact) mass is 317 g/mol. The van der Waals surface area contributed by atoms with Crippen LogP contribution in [0.4, 0.5) is 5.69 Å². The predicted octanol–water partition coefficient (Wildman–Crippen LogP) is 2.77. The van der Waals surface area contributed by atoms with E-state index in [4.69, 9.17) is 0 Å². The highest BCUT2D eigenvalue weighted by Gasteiger charge is 2.13. The average Bonchev–Trinajstić information content (AvgIpc) is 2.90. The lowest BCUT2D eigenvalue weighted by atomic mass is 10.1. The molecule has 2 rings (SSSR count). The normalized spacial score (nSPS) is 10.3. The SMILES string of the molecule is CCCNC(=O)c1ccccc1NC(=O)Cc1csc(C)n1. The van der Waals surface area contributed by atoms with E-state index in [-0.39, 0.29) is 18.2 Å². The van der Waals surface area contributed by atoms with Crippen molar-refractivity contribution in [1.29, 1.82) is 0 Å². The average molecular weight is 317 g/mol. The van der Waals surface area contributed by atoms with E-state index in [2.05, 4.69) is 15.6 Å². The van der Waals surface area contributed by atoms with E-state index in [1.165, 1.54) is 11.3 Å². The number of carbonyl (C=O) groups is 2. The van der Waals surface area contributed by atoms with E-state index >= 15 is 0 Å². The number of nitrogens with one attached hydrogen (secondary N) is 2. The zero-order chi connectivity index (χ0) is 15.9. The van der Waals surface area contributed by atoms with Crippen molar-refractivity contribution in [3.05, 3.63) is 45.9 Å². The molecule has 0 aliphatic carbocycles. The molecule has 2 amide bonds.